The first-order chi connectivity index (χ1) is 12.8. The van der Waals surface area contributed by atoms with Gasteiger partial charge in [-0.1, -0.05) is 36.4 Å². The third kappa shape index (κ3) is 3.79. The van der Waals surface area contributed by atoms with Crippen LogP contribution in [0, 0.1) is 5.82 Å². The Morgan fingerprint density at radius 3 is 2.69 bits per heavy atom. The van der Waals surface area contributed by atoms with Crippen LogP contribution in [0.3, 0.4) is 0 Å². The van der Waals surface area contributed by atoms with Crippen molar-refractivity contribution in [1.29, 1.82) is 0 Å². The number of nitrogens with one attached hydrogen (secondary N) is 1. The van der Waals surface area contributed by atoms with Crippen LogP contribution in [0.4, 0.5) is 16.2 Å². The summed E-state index contributed by atoms with van der Waals surface area (Å²) in [7, 11) is 0. The molecule has 4 rings (SSSR count). The molecule has 0 fully saturated rings. The van der Waals surface area contributed by atoms with Crippen LogP contribution >= 0.6 is 0 Å². The second-order valence-electron chi connectivity index (χ2n) is 6.39. The summed E-state index contributed by atoms with van der Waals surface area (Å²) in [4.78, 5) is 6.75. The Bertz CT molecular complexity index is 881. The highest BCUT2D eigenvalue weighted by Crippen LogP contribution is 2.22. The number of rotatable bonds is 5. The van der Waals surface area contributed by atoms with Crippen LogP contribution in [0.15, 0.2) is 54.7 Å². The van der Waals surface area contributed by atoms with Gasteiger partial charge in [0.05, 0.1) is 6.20 Å². The molecule has 26 heavy (non-hydrogen) atoms. The van der Waals surface area contributed by atoms with Crippen LogP contribution in [0.25, 0.3) is 0 Å². The highest BCUT2D eigenvalue weighted by atomic mass is 19.1. The molecule has 5 nitrogen and oxygen atoms in total. The Balaban J connectivity index is 1.38. The lowest BCUT2D eigenvalue weighted by atomic mass is 10.0. The van der Waals surface area contributed by atoms with E-state index in [4.69, 9.17) is 0 Å². The summed E-state index contributed by atoms with van der Waals surface area (Å²) in [6, 6.07) is 15.0. The summed E-state index contributed by atoms with van der Waals surface area (Å²) in [5.74, 6) is 1.14. The fourth-order valence-corrected chi connectivity index (χ4v) is 3.17. The molecule has 1 aliphatic heterocycles. The molecule has 1 N–H and O–H groups in total. The predicted molar refractivity (Wildman–Crippen MR) is 99.6 cm³/mol. The van der Waals surface area contributed by atoms with Crippen LogP contribution in [0.1, 0.15) is 16.7 Å². The van der Waals surface area contributed by atoms with Gasteiger partial charge in [-0.25, -0.2) is 4.39 Å². The van der Waals surface area contributed by atoms with Gasteiger partial charge in [0.25, 0.3) is 0 Å². The van der Waals surface area contributed by atoms with E-state index in [-0.39, 0.29) is 5.82 Å². The Kier molecular flexibility index (Phi) is 4.73. The molecule has 0 saturated heterocycles. The highest BCUT2D eigenvalue weighted by molar-refractivity contribution is 5.43. The summed E-state index contributed by atoms with van der Waals surface area (Å²) in [5, 5.41) is 11.6. The highest BCUT2D eigenvalue weighted by Gasteiger charge is 2.18. The van der Waals surface area contributed by atoms with Gasteiger partial charge in [-0.05, 0) is 41.7 Å². The first kappa shape index (κ1) is 16.4. The molecule has 0 saturated carbocycles. The van der Waals surface area contributed by atoms with E-state index in [0.29, 0.717) is 18.3 Å². The van der Waals surface area contributed by atoms with Gasteiger partial charge < -0.3 is 10.2 Å². The number of fused-ring (bicyclic) bond motifs is 1. The van der Waals surface area contributed by atoms with Crippen molar-refractivity contribution in [3.63, 3.8) is 0 Å². The third-order valence-corrected chi connectivity index (χ3v) is 4.59. The Labute approximate surface area is 151 Å². The SMILES string of the molecule is Fc1ccc(CCNc2cnnc(N3CCc4ccccc4C3)n2)cc1. The standard InChI is InChI=1S/C20H20FN5/c21-18-7-5-15(6-8-18)9-11-22-19-13-23-25-20(24-19)26-12-10-16-3-1-2-4-17(16)14-26/h1-8,13H,9-12,14H2,(H,22,24,25). The number of hydrogen-bond donors (Lipinski definition) is 1. The maximum atomic E-state index is 12.9. The molecule has 0 bridgehead atoms. The number of nitrogens with zero attached hydrogens (tertiary/aromatic N) is 4. The predicted octanol–water partition coefficient (Wildman–Crippen LogP) is 3.23. The maximum absolute atomic E-state index is 12.9. The van der Waals surface area contributed by atoms with E-state index < -0.39 is 0 Å². The fraction of sp³-hybridized carbons (Fsp3) is 0.250. The number of hydrogen-bond acceptors (Lipinski definition) is 5. The van der Waals surface area contributed by atoms with Crippen molar-refractivity contribution >= 4 is 11.8 Å². The summed E-state index contributed by atoms with van der Waals surface area (Å²) in [5.41, 5.74) is 3.79. The lowest BCUT2D eigenvalue weighted by Gasteiger charge is -2.28. The Hall–Kier alpha value is -3.02. The van der Waals surface area contributed by atoms with E-state index in [2.05, 4.69) is 49.7 Å². The van der Waals surface area contributed by atoms with Crippen LogP contribution in [0.5, 0.6) is 0 Å². The van der Waals surface area contributed by atoms with E-state index in [1.165, 1.54) is 23.3 Å². The number of anilines is 2. The summed E-state index contributed by atoms with van der Waals surface area (Å²) in [6.45, 7) is 2.39. The molecule has 1 aromatic heterocycles. The van der Waals surface area contributed by atoms with Gasteiger partial charge in [0, 0.05) is 19.6 Å². The number of halogens is 1. The lowest BCUT2D eigenvalue weighted by molar-refractivity contribution is 0.627. The van der Waals surface area contributed by atoms with Gasteiger partial charge >= 0.3 is 0 Å². The van der Waals surface area contributed by atoms with Gasteiger partial charge in [0.2, 0.25) is 5.95 Å². The molecule has 0 radical (unpaired) electrons. The normalized spacial score (nSPS) is 13.3. The topological polar surface area (TPSA) is 53.9 Å². The molecule has 2 heterocycles. The van der Waals surface area contributed by atoms with Crippen molar-refractivity contribution in [3.05, 3.63) is 77.2 Å². The third-order valence-electron chi connectivity index (χ3n) is 4.59. The molecule has 3 aromatic rings. The minimum atomic E-state index is -0.213. The van der Waals surface area contributed by atoms with E-state index >= 15 is 0 Å². The van der Waals surface area contributed by atoms with Crippen LogP contribution in [-0.2, 0) is 19.4 Å². The van der Waals surface area contributed by atoms with Crippen LogP contribution in [-0.4, -0.2) is 28.3 Å². The minimum Gasteiger partial charge on any atom is -0.368 e. The lowest BCUT2D eigenvalue weighted by Crippen LogP contribution is -2.32. The van der Waals surface area contributed by atoms with Crippen molar-refractivity contribution in [3.8, 4) is 0 Å². The van der Waals surface area contributed by atoms with E-state index in [0.717, 1.165) is 31.5 Å². The molecule has 1 aliphatic rings. The van der Waals surface area contributed by atoms with Gasteiger partial charge in [-0.15, -0.1) is 5.10 Å². The monoisotopic (exact) mass is 349 g/mol. The molecule has 6 heteroatoms. The van der Waals surface area contributed by atoms with Crippen molar-refractivity contribution in [2.45, 2.75) is 19.4 Å². The van der Waals surface area contributed by atoms with Crippen LogP contribution in [0.2, 0.25) is 0 Å². The van der Waals surface area contributed by atoms with Gasteiger partial charge in [0.15, 0.2) is 5.82 Å². The minimum absolute atomic E-state index is 0.213. The molecule has 0 unspecified atom stereocenters. The zero-order chi connectivity index (χ0) is 17.8. The smallest absolute Gasteiger partial charge is 0.247 e. The second-order valence-corrected chi connectivity index (χ2v) is 6.39. The van der Waals surface area contributed by atoms with Gasteiger partial charge in [-0.2, -0.15) is 10.1 Å². The fourth-order valence-electron chi connectivity index (χ4n) is 3.17. The van der Waals surface area contributed by atoms with Gasteiger partial charge in [0.1, 0.15) is 5.82 Å². The Morgan fingerprint density at radius 1 is 1.04 bits per heavy atom. The van der Waals surface area contributed by atoms with Crippen molar-refractivity contribution in [1.82, 2.24) is 15.2 Å². The zero-order valence-corrected chi connectivity index (χ0v) is 14.4. The molecular weight excluding hydrogens is 329 g/mol. The molecule has 0 atom stereocenters. The summed E-state index contributed by atoms with van der Waals surface area (Å²) < 4.78 is 12.9. The average Bonchev–Trinajstić information content (AvgIpc) is 2.69. The number of benzene rings is 2. The van der Waals surface area contributed by atoms with Crippen LogP contribution < -0.4 is 10.2 Å². The molecule has 2 aromatic carbocycles. The van der Waals surface area contributed by atoms with Crippen molar-refractivity contribution in [2.24, 2.45) is 0 Å². The second kappa shape index (κ2) is 7.47. The number of aromatic nitrogens is 3. The molecule has 0 amide bonds. The van der Waals surface area contributed by atoms with E-state index in [1.54, 1.807) is 18.3 Å². The van der Waals surface area contributed by atoms with Gasteiger partial charge in [-0.3, -0.25) is 0 Å². The first-order valence-electron chi connectivity index (χ1n) is 8.78. The molecule has 0 aliphatic carbocycles. The zero-order valence-electron chi connectivity index (χ0n) is 14.4. The largest absolute Gasteiger partial charge is 0.368 e. The molecule has 132 valence electrons. The molecule has 0 spiro atoms. The maximum Gasteiger partial charge on any atom is 0.247 e. The van der Waals surface area contributed by atoms with Crippen molar-refractivity contribution in [2.75, 3.05) is 23.3 Å². The quantitative estimate of drug-likeness (QED) is 0.766. The van der Waals surface area contributed by atoms with Crippen molar-refractivity contribution < 1.29 is 4.39 Å². The van der Waals surface area contributed by atoms with E-state index in [9.17, 15) is 4.39 Å². The van der Waals surface area contributed by atoms with E-state index in [1.807, 2.05) is 0 Å². The first-order valence-corrected chi connectivity index (χ1v) is 8.78. The summed E-state index contributed by atoms with van der Waals surface area (Å²) >= 11 is 0. The average molecular weight is 349 g/mol. The Morgan fingerprint density at radius 2 is 1.85 bits per heavy atom. The molecular formula is C20H20FN5. The summed E-state index contributed by atoms with van der Waals surface area (Å²) in [6.07, 6.45) is 3.41.